The van der Waals surface area contributed by atoms with Crippen molar-refractivity contribution in [3.05, 3.63) is 35.9 Å². The van der Waals surface area contributed by atoms with Gasteiger partial charge in [0.2, 0.25) is 0 Å². The molecule has 1 aliphatic carbocycles. The molecule has 2 aliphatic rings. The summed E-state index contributed by atoms with van der Waals surface area (Å²) in [7, 11) is 1.78. The second-order valence-electron chi connectivity index (χ2n) is 13.3. The largest absolute Gasteiger partial charge is 0.444 e. The highest BCUT2D eigenvalue weighted by molar-refractivity contribution is 5.75. The van der Waals surface area contributed by atoms with Crippen molar-refractivity contribution in [2.24, 2.45) is 11.8 Å². The first-order chi connectivity index (χ1) is 19.7. The fourth-order valence-electron chi connectivity index (χ4n) is 6.63. The van der Waals surface area contributed by atoms with E-state index in [0.717, 1.165) is 64.8 Å². The Hall–Kier alpha value is -2.28. The standard InChI is InChI=1S/C34H57N3O4/c1-6-40-23-14-13-21-31(28-18-11-8-12-19-28)29-20-15-22-37(25-29)32(38)35-30(24-27-16-9-7-10-17-27)26-36(5)33(39)41-34(2,3)4/h8,11-12,18-19,27,29-31H,6-7,9-10,13-17,20-26H2,1-5H3,(H,35,38)/t29-,30+,31+/m1/s1. The molecule has 1 aromatic carbocycles. The van der Waals surface area contributed by atoms with Crippen molar-refractivity contribution in [2.45, 2.75) is 116 Å². The minimum absolute atomic E-state index is 0.0104. The summed E-state index contributed by atoms with van der Waals surface area (Å²) in [6.07, 6.45) is 12.3. The van der Waals surface area contributed by atoms with Crippen LogP contribution in [-0.2, 0) is 9.47 Å². The predicted molar refractivity (Wildman–Crippen MR) is 166 cm³/mol. The summed E-state index contributed by atoms with van der Waals surface area (Å²) in [5, 5.41) is 3.37. The highest BCUT2D eigenvalue weighted by Crippen LogP contribution is 2.36. The Morgan fingerprint density at radius 2 is 1.78 bits per heavy atom. The first-order valence-electron chi connectivity index (χ1n) is 16.3. The summed E-state index contributed by atoms with van der Waals surface area (Å²) >= 11 is 0. The van der Waals surface area contributed by atoms with Gasteiger partial charge in [0.1, 0.15) is 5.60 Å². The van der Waals surface area contributed by atoms with Crippen molar-refractivity contribution in [1.29, 1.82) is 0 Å². The van der Waals surface area contributed by atoms with Crippen molar-refractivity contribution >= 4 is 12.1 Å². The van der Waals surface area contributed by atoms with Crippen LogP contribution in [-0.4, -0.2) is 73.5 Å². The average molecular weight is 572 g/mol. The molecule has 2 fully saturated rings. The number of amides is 3. The van der Waals surface area contributed by atoms with E-state index in [1.165, 1.54) is 37.7 Å². The fraction of sp³-hybridized carbons (Fsp3) is 0.765. The number of nitrogens with zero attached hydrogens (tertiary/aromatic N) is 2. The van der Waals surface area contributed by atoms with E-state index in [9.17, 15) is 9.59 Å². The summed E-state index contributed by atoms with van der Waals surface area (Å²) in [6.45, 7) is 11.3. The third kappa shape index (κ3) is 11.9. The number of ether oxygens (including phenoxy) is 2. The molecular formula is C34H57N3O4. The predicted octanol–water partition coefficient (Wildman–Crippen LogP) is 7.60. The lowest BCUT2D eigenvalue weighted by Crippen LogP contribution is -2.53. The number of piperidine rings is 1. The number of unbranched alkanes of at least 4 members (excludes halogenated alkanes) is 1. The van der Waals surface area contributed by atoms with E-state index >= 15 is 0 Å². The van der Waals surface area contributed by atoms with E-state index in [2.05, 4.69) is 35.6 Å². The van der Waals surface area contributed by atoms with Gasteiger partial charge in [-0.15, -0.1) is 0 Å². The molecule has 1 N–H and O–H groups in total. The molecule has 3 amide bonds. The van der Waals surface area contributed by atoms with Crippen molar-refractivity contribution in [3.63, 3.8) is 0 Å². The van der Waals surface area contributed by atoms with Crippen LogP contribution in [0.5, 0.6) is 0 Å². The number of rotatable bonds is 13. The zero-order valence-electron chi connectivity index (χ0n) is 26.5. The first-order valence-corrected chi connectivity index (χ1v) is 16.3. The van der Waals surface area contributed by atoms with Gasteiger partial charge in [-0.1, -0.05) is 68.9 Å². The number of carbonyl (C=O) groups is 2. The molecule has 0 spiro atoms. The first kappa shape index (κ1) is 33.2. The van der Waals surface area contributed by atoms with E-state index in [1.807, 2.05) is 32.6 Å². The maximum Gasteiger partial charge on any atom is 0.410 e. The van der Waals surface area contributed by atoms with Crippen molar-refractivity contribution in [1.82, 2.24) is 15.1 Å². The molecule has 1 saturated carbocycles. The van der Waals surface area contributed by atoms with Crippen LogP contribution < -0.4 is 5.32 Å². The number of nitrogens with one attached hydrogen (secondary N) is 1. The summed E-state index contributed by atoms with van der Waals surface area (Å²) in [6, 6.07) is 10.8. The van der Waals surface area contributed by atoms with Gasteiger partial charge in [-0.3, -0.25) is 0 Å². The Morgan fingerprint density at radius 3 is 2.46 bits per heavy atom. The number of benzene rings is 1. The molecule has 7 heteroatoms. The zero-order valence-corrected chi connectivity index (χ0v) is 26.5. The van der Waals surface area contributed by atoms with Crippen LogP contribution in [0.15, 0.2) is 30.3 Å². The molecule has 1 aliphatic heterocycles. The van der Waals surface area contributed by atoms with E-state index in [-0.39, 0.29) is 18.2 Å². The Kier molecular flexibility index (Phi) is 13.8. The number of urea groups is 1. The van der Waals surface area contributed by atoms with Crippen molar-refractivity contribution < 1.29 is 19.1 Å². The van der Waals surface area contributed by atoms with Crippen LogP contribution in [0.2, 0.25) is 0 Å². The summed E-state index contributed by atoms with van der Waals surface area (Å²) in [5.41, 5.74) is 0.833. The molecule has 232 valence electrons. The Morgan fingerprint density at radius 1 is 1.05 bits per heavy atom. The third-order valence-electron chi connectivity index (χ3n) is 8.67. The highest BCUT2D eigenvalue weighted by atomic mass is 16.6. The molecule has 3 atom stereocenters. The van der Waals surface area contributed by atoms with Crippen molar-refractivity contribution in [2.75, 3.05) is 39.9 Å². The quantitative estimate of drug-likeness (QED) is 0.247. The molecule has 41 heavy (non-hydrogen) atoms. The van der Waals surface area contributed by atoms with Gasteiger partial charge in [0.05, 0.1) is 0 Å². The van der Waals surface area contributed by atoms with Gasteiger partial charge in [0.25, 0.3) is 0 Å². The van der Waals surface area contributed by atoms with Crippen LogP contribution in [0.3, 0.4) is 0 Å². The molecule has 1 aromatic rings. The maximum atomic E-state index is 13.7. The number of likely N-dealkylation sites (N-methyl/N-ethyl adjacent to an activating group) is 1. The van der Waals surface area contributed by atoms with Crippen LogP contribution in [0.1, 0.15) is 110 Å². The maximum absolute atomic E-state index is 13.7. The minimum atomic E-state index is -0.547. The van der Waals surface area contributed by atoms with Gasteiger partial charge < -0.3 is 24.6 Å². The topological polar surface area (TPSA) is 71.1 Å². The lowest BCUT2D eigenvalue weighted by atomic mass is 9.78. The molecule has 0 radical (unpaired) electrons. The van der Waals surface area contributed by atoms with Gasteiger partial charge in [0, 0.05) is 45.9 Å². The molecule has 1 heterocycles. The number of hydrogen-bond acceptors (Lipinski definition) is 4. The van der Waals surface area contributed by atoms with Gasteiger partial charge in [-0.05, 0) is 83.1 Å². The Balaban J connectivity index is 1.65. The average Bonchev–Trinajstić information content (AvgIpc) is 2.95. The molecule has 0 unspecified atom stereocenters. The zero-order chi connectivity index (χ0) is 29.7. The normalized spacial score (nSPS) is 19.8. The minimum Gasteiger partial charge on any atom is -0.444 e. The third-order valence-corrected chi connectivity index (χ3v) is 8.67. The van der Waals surface area contributed by atoms with Gasteiger partial charge in [-0.2, -0.15) is 0 Å². The smallest absolute Gasteiger partial charge is 0.410 e. The van der Waals surface area contributed by atoms with Crippen LogP contribution in [0.4, 0.5) is 9.59 Å². The summed E-state index contributed by atoms with van der Waals surface area (Å²) < 4.78 is 11.2. The molecule has 0 bridgehead atoms. The molecule has 7 nitrogen and oxygen atoms in total. The number of carbonyl (C=O) groups excluding carboxylic acids is 2. The van der Waals surface area contributed by atoms with E-state index < -0.39 is 5.60 Å². The Bertz CT molecular complexity index is 897. The molecule has 3 rings (SSSR count). The van der Waals surface area contributed by atoms with Gasteiger partial charge >= 0.3 is 12.1 Å². The van der Waals surface area contributed by atoms with Gasteiger partial charge in [0.15, 0.2) is 0 Å². The monoisotopic (exact) mass is 571 g/mol. The molecule has 1 saturated heterocycles. The summed E-state index contributed by atoms with van der Waals surface area (Å²) in [5.74, 6) is 1.46. The lowest BCUT2D eigenvalue weighted by molar-refractivity contribution is 0.0276. The SMILES string of the molecule is CCOCCCC[C@@H](c1ccccc1)[C@@H]1CCCN(C(=O)N[C@@H](CC2CCCCC2)CN(C)C(=O)OC(C)(C)C)C1. The van der Waals surface area contributed by atoms with E-state index in [4.69, 9.17) is 9.47 Å². The van der Waals surface area contributed by atoms with Crippen LogP contribution >= 0.6 is 0 Å². The number of likely N-dealkylation sites (tertiary alicyclic amines) is 1. The second-order valence-corrected chi connectivity index (χ2v) is 13.3. The van der Waals surface area contributed by atoms with Gasteiger partial charge in [-0.25, -0.2) is 9.59 Å². The van der Waals surface area contributed by atoms with Crippen LogP contribution in [0, 0.1) is 11.8 Å². The Labute approximate surface area is 249 Å². The lowest BCUT2D eigenvalue weighted by Gasteiger charge is -2.39. The second kappa shape index (κ2) is 17.0. The summed E-state index contributed by atoms with van der Waals surface area (Å²) in [4.78, 5) is 30.1. The molecule has 0 aromatic heterocycles. The van der Waals surface area contributed by atoms with E-state index in [0.29, 0.717) is 24.3 Å². The van der Waals surface area contributed by atoms with Crippen LogP contribution in [0.25, 0.3) is 0 Å². The highest BCUT2D eigenvalue weighted by Gasteiger charge is 2.32. The van der Waals surface area contributed by atoms with Crippen molar-refractivity contribution in [3.8, 4) is 0 Å². The number of hydrogen-bond donors (Lipinski definition) is 1. The van der Waals surface area contributed by atoms with E-state index in [1.54, 1.807) is 11.9 Å². The molecular weight excluding hydrogens is 514 g/mol. The fourth-order valence-corrected chi connectivity index (χ4v) is 6.63.